The number of para-hydroxylation sites is 2. The molecular formula is C17H15N3O5S. The number of hydrogen-bond acceptors (Lipinski definition) is 6. The van der Waals surface area contributed by atoms with Gasteiger partial charge in [-0.1, -0.05) is 12.1 Å². The maximum atomic E-state index is 12.2. The standard InChI is InChI=1S/C17H15N3O5S/c1-25-16-5-3-2-4-15(16)20-17(21)12(10-18)11-19-13-6-8-14(9-7-13)26(22,23)24/h2-9,11,19H,1H3,(H,20,21)(H,22,23,24)/b12-11-. The van der Waals surface area contributed by atoms with E-state index >= 15 is 0 Å². The summed E-state index contributed by atoms with van der Waals surface area (Å²) >= 11 is 0. The molecule has 0 saturated heterocycles. The molecule has 0 radical (unpaired) electrons. The minimum Gasteiger partial charge on any atom is -0.495 e. The molecule has 2 rings (SSSR count). The highest BCUT2D eigenvalue weighted by Gasteiger charge is 2.12. The molecule has 26 heavy (non-hydrogen) atoms. The zero-order valence-corrected chi connectivity index (χ0v) is 14.4. The first kappa shape index (κ1) is 19.0. The van der Waals surface area contributed by atoms with Gasteiger partial charge in [-0.3, -0.25) is 9.35 Å². The second kappa shape index (κ2) is 8.15. The number of ether oxygens (including phenoxy) is 1. The molecule has 0 saturated carbocycles. The first-order valence-corrected chi connectivity index (χ1v) is 8.68. The van der Waals surface area contributed by atoms with Crippen molar-refractivity contribution in [1.82, 2.24) is 0 Å². The lowest BCUT2D eigenvalue weighted by Gasteiger charge is -2.09. The number of anilines is 2. The van der Waals surface area contributed by atoms with Crippen LogP contribution in [0, 0.1) is 11.3 Å². The fraction of sp³-hybridized carbons (Fsp3) is 0.0588. The first-order chi connectivity index (χ1) is 12.3. The largest absolute Gasteiger partial charge is 0.495 e. The summed E-state index contributed by atoms with van der Waals surface area (Å²) in [5, 5.41) is 14.5. The number of nitriles is 1. The monoisotopic (exact) mass is 373 g/mol. The fourth-order valence-electron chi connectivity index (χ4n) is 1.96. The van der Waals surface area contributed by atoms with Crippen molar-refractivity contribution in [3.8, 4) is 11.8 Å². The van der Waals surface area contributed by atoms with Gasteiger partial charge in [0.2, 0.25) is 0 Å². The number of carbonyl (C=O) groups excluding carboxylic acids is 1. The normalized spacial score (nSPS) is 11.3. The lowest BCUT2D eigenvalue weighted by atomic mass is 10.2. The topological polar surface area (TPSA) is 129 Å². The van der Waals surface area contributed by atoms with Crippen molar-refractivity contribution >= 4 is 27.4 Å². The van der Waals surface area contributed by atoms with Crippen molar-refractivity contribution in [2.24, 2.45) is 0 Å². The van der Waals surface area contributed by atoms with Crippen LogP contribution < -0.4 is 15.4 Å². The summed E-state index contributed by atoms with van der Waals surface area (Å²) in [5.41, 5.74) is 0.642. The van der Waals surface area contributed by atoms with Crippen LogP contribution in [-0.2, 0) is 14.9 Å². The molecule has 3 N–H and O–H groups in total. The number of amides is 1. The van der Waals surface area contributed by atoms with Crippen LogP contribution in [0.3, 0.4) is 0 Å². The molecule has 0 bridgehead atoms. The summed E-state index contributed by atoms with van der Waals surface area (Å²) in [6.07, 6.45) is 1.19. The molecule has 0 unspecified atom stereocenters. The quantitative estimate of drug-likeness (QED) is 0.403. The maximum absolute atomic E-state index is 12.2. The van der Waals surface area contributed by atoms with Gasteiger partial charge in [-0.25, -0.2) is 0 Å². The zero-order chi connectivity index (χ0) is 19.2. The summed E-state index contributed by atoms with van der Waals surface area (Å²) in [5.74, 6) is -0.189. The first-order valence-electron chi connectivity index (χ1n) is 7.24. The fourth-order valence-corrected chi connectivity index (χ4v) is 2.44. The molecule has 0 aliphatic heterocycles. The van der Waals surface area contributed by atoms with Crippen LogP contribution in [0.4, 0.5) is 11.4 Å². The highest BCUT2D eigenvalue weighted by molar-refractivity contribution is 7.85. The average molecular weight is 373 g/mol. The van der Waals surface area contributed by atoms with Crippen LogP contribution in [0.5, 0.6) is 5.75 Å². The molecule has 0 spiro atoms. The van der Waals surface area contributed by atoms with Crippen LogP contribution in [0.15, 0.2) is 65.2 Å². The predicted octanol–water partition coefficient (Wildman–Crippen LogP) is 2.40. The molecular weight excluding hydrogens is 358 g/mol. The molecule has 0 aliphatic rings. The Labute approximate surface area is 150 Å². The molecule has 0 heterocycles. The number of rotatable bonds is 6. The minimum absolute atomic E-state index is 0.199. The minimum atomic E-state index is -4.28. The highest BCUT2D eigenvalue weighted by Crippen LogP contribution is 2.23. The third-order valence-corrected chi connectivity index (χ3v) is 4.12. The van der Waals surface area contributed by atoms with Gasteiger partial charge >= 0.3 is 0 Å². The average Bonchev–Trinajstić information content (AvgIpc) is 2.62. The van der Waals surface area contributed by atoms with Crippen LogP contribution >= 0.6 is 0 Å². The molecule has 0 fully saturated rings. The Balaban J connectivity index is 2.12. The second-order valence-corrected chi connectivity index (χ2v) is 6.39. The maximum Gasteiger partial charge on any atom is 0.294 e. The van der Waals surface area contributed by atoms with Gasteiger partial charge in [0.05, 0.1) is 17.7 Å². The van der Waals surface area contributed by atoms with E-state index in [9.17, 15) is 13.2 Å². The Morgan fingerprint density at radius 2 is 1.85 bits per heavy atom. The van der Waals surface area contributed by atoms with Crippen molar-refractivity contribution < 1.29 is 22.5 Å². The second-order valence-electron chi connectivity index (χ2n) is 4.97. The van der Waals surface area contributed by atoms with E-state index in [1.165, 1.54) is 37.6 Å². The molecule has 8 nitrogen and oxygen atoms in total. The van der Waals surface area contributed by atoms with E-state index in [4.69, 9.17) is 14.6 Å². The van der Waals surface area contributed by atoms with E-state index in [1.807, 2.05) is 0 Å². The van der Waals surface area contributed by atoms with Crippen molar-refractivity contribution in [3.05, 3.63) is 60.3 Å². The zero-order valence-electron chi connectivity index (χ0n) is 13.6. The number of nitrogens with zero attached hydrogens (tertiary/aromatic N) is 1. The summed E-state index contributed by atoms with van der Waals surface area (Å²) in [7, 11) is -2.82. The van der Waals surface area contributed by atoms with Gasteiger partial charge < -0.3 is 15.4 Å². The van der Waals surface area contributed by atoms with E-state index in [0.717, 1.165) is 0 Å². The van der Waals surface area contributed by atoms with Gasteiger partial charge in [-0.05, 0) is 36.4 Å². The summed E-state index contributed by atoms with van der Waals surface area (Å²) < 4.78 is 36.0. The molecule has 0 atom stereocenters. The lowest BCUT2D eigenvalue weighted by molar-refractivity contribution is -0.112. The molecule has 1 amide bonds. The van der Waals surface area contributed by atoms with Crippen molar-refractivity contribution in [2.75, 3.05) is 17.7 Å². The van der Waals surface area contributed by atoms with Crippen LogP contribution in [0.1, 0.15) is 0 Å². The van der Waals surface area contributed by atoms with Gasteiger partial charge in [0.1, 0.15) is 17.4 Å². The van der Waals surface area contributed by atoms with E-state index in [1.54, 1.807) is 30.3 Å². The molecule has 0 aliphatic carbocycles. The van der Waals surface area contributed by atoms with Crippen molar-refractivity contribution in [2.45, 2.75) is 4.90 Å². The molecule has 134 valence electrons. The number of carbonyl (C=O) groups is 1. The summed E-state index contributed by atoms with van der Waals surface area (Å²) in [4.78, 5) is 11.9. The predicted molar refractivity (Wildman–Crippen MR) is 95.2 cm³/mol. The molecule has 2 aromatic rings. The Morgan fingerprint density at radius 3 is 2.42 bits per heavy atom. The van der Waals surface area contributed by atoms with Gasteiger partial charge in [-0.2, -0.15) is 13.7 Å². The molecule has 0 aromatic heterocycles. The molecule has 9 heteroatoms. The summed E-state index contributed by atoms with van der Waals surface area (Å²) in [6, 6.07) is 13.7. The Bertz CT molecular complexity index is 976. The number of methoxy groups -OCH3 is 1. The van der Waals surface area contributed by atoms with Gasteiger partial charge in [0.25, 0.3) is 16.0 Å². The Kier molecular flexibility index (Phi) is 5.95. The Morgan fingerprint density at radius 1 is 1.19 bits per heavy atom. The number of benzene rings is 2. The van der Waals surface area contributed by atoms with E-state index < -0.39 is 16.0 Å². The van der Waals surface area contributed by atoms with E-state index in [-0.39, 0.29) is 10.5 Å². The van der Waals surface area contributed by atoms with E-state index in [2.05, 4.69) is 10.6 Å². The van der Waals surface area contributed by atoms with E-state index in [0.29, 0.717) is 17.1 Å². The van der Waals surface area contributed by atoms with Gasteiger partial charge in [0.15, 0.2) is 0 Å². The SMILES string of the molecule is COc1ccccc1NC(=O)/C(C#N)=C\Nc1ccc(S(=O)(=O)O)cc1. The van der Waals surface area contributed by atoms with Crippen molar-refractivity contribution in [3.63, 3.8) is 0 Å². The number of nitrogens with one attached hydrogen (secondary N) is 2. The Hall–Kier alpha value is -3.35. The smallest absolute Gasteiger partial charge is 0.294 e. The van der Waals surface area contributed by atoms with Crippen LogP contribution in [0.25, 0.3) is 0 Å². The number of hydrogen-bond donors (Lipinski definition) is 3. The van der Waals surface area contributed by atoms with Gasteiger partial charge in [-0.15, -0.1) is 0 Å². The third-order valence-electron chi connectivity index (χ3n) is 3.26. The lowest BCUT2D eigenvalue weighted by Crippen LogP contribution is -2.15. The van der Waals surface area contributed by atoms with Crippen LogP contribution in [0.2, 0.25) is 0 Å². The van der Waals surface area contributed by atoms with Crippen molar-refractivity contribution in [1.29, 1.82) is 5.26 Å². The third kappa shape index (κ3) is 4.83. The summed E-state index contributed by atoms with van der Waals surface area (Å²) in [6.45, 7) is 0. The van der Waals surface area contributed by atoms with Gasteiger partial charge in [0, 0.05) is 11.9 Å². The highest BCUT2D eigenvalue weighted by atomic mass is 32.2. The molecule has 2 aromatic carbocycles. The van der Waals surface area contributed by atoms with Crippen LogP contribution in [-0.4, -0.2) is 26.0 Å².